The molecule has 4 aromatic rings. The van der Waals surface area contributed by atoms with Crippen LogP contribution < -0.4 is 4.72 Å². The number of halogens is 3. The molecule has 1 N–H and O–H groups in total. The van der Waals surface area contributed by atoms with E-state index in [4.69, 9.17) is 0 Å². The number of nitrogens with one attached hydrogen (secondary N) is 1. The molecular weight excluding hydrogens is 411 g/mol. The van der Waals surface area contributed by atoms with Gasteiger partial charge in [-0.2, -0.15) is 18.3 Å². The number of rotatable bonds is 5. The van der Waals surface area contributed by atoms with Crippen molar-refractivity contribution in [3.05, 3.63) is 66.2 Å². The van der Waals surface area contributed by atoms with Crippen LogP contribution in [0.4, 0.5) is 18.9 Å². The van der Waals surface area contributed by atoms with Crippen LogP contribution in [-0.2, 0) is 19.6 Å². The fraction of sp³-hybridized carbons (Fsp3) is 0.190. The van der Waals surface area contributed by atoms with E-state index in [-0.39, 0.29) is 0 Å². The van der Waals surface area contributed by atoms with E-state index in [2.05, 4.69) is 38.8 Å². The van der Waals surface area contributed by atoms with Crippen molar-refractivity contribution in [3.63, 3.8) is 0 Å². The molecule has 154 valence electrons. The first-order chi connectivity index (χ1) is 14.4. The maximum atomic E-state index is 12.9. The van der Waals surface area contributed by atoms with Crippen molar-refractivity contribution in [2.24, 2.45) is 7.05 Å². The summed E-state index contributed by atoms with van der Waals surface area (Å²) in [5.41, 5.74) is 3.07. The highest BCUT2D eigenvalue weighted by atomic mass is 32.2. The Morgan fingerprint density at radius 2 is 1.90 bits per heavy atom. The topological polar surface area (TPSA) is 55.6 Å². The molecule has 1 aromatic carbocycles. The van der Waals surface area contributed by atoms with Gasteiger partial charge in [-0.15, -0.1) is 0 Å². The highest BCUT2D eigenvalue weighted by Gasteiger charge is 2.32. The predicted octanol–water partition coefficient (Wildman–Crippen LogP) is 5.73. The molecule has 9 heteroatoms. The van der Waals surface area contributed by atoms with Crippen molar-refractivity contribution in [2.75, 3.05) is 4.72 Å². The van der Waals surface area contributed by atoms with Gasteiger partial charge < -0.3 is 4.72 Å². The highest BCUT2D eigenvalue weighted by molar-refractivity contribution is 8.00. The lowest BCUT2D eigenvalue weighted by molar-refractivity contribution is -0.141. The van der Waals surface area contributed by atoms with Crippen LogP contribution in [0, 0.1) is 0 Å². The minimum absolute atomic E-state index is 0.370. The molecule has 5 nitrogen and oxygen atoms in total. The van der Waals surface area contributed by atoms with Gasteiger partial charge in [0.2, 0.25) is 0 Å². The summed E-state index contributed by atoms with van der Waals surface area (Å²) in [4.78, 5) is 8.55. The molecule has 0 aliphatic carbocycles. The van der Waals surface area contributed by atoms with Gasteiger partial charge >= 0.3 is 6.18 Å². The van der Waals surface area contributed by atoms with Gasteiger partial charge in [0, 0.05) is 35.3 Å². The van der Waals surface area contributed by atoms with Gasteiger partial charge in [0.1, 0.15) is 5.69 Å². The van der Waals surface area contributed by atoms with Crippen LogP contribution in [0.25, 0.3) is 22.2 Å². The summed E-state index contributed by atoms with van der Waals surface area (Å²) in [6, 6.07) is 10.2. The Labute approximate surface area is 175 Å². The SMILES string of the molecule is CCc1ccc2cnn(C)c2c1NSc1ccc(-c2ccnc(C(F)(F)F)c2)nc1. The molecule has 0 saturated heterocycles. The predicted molar refractivity (Wildman–Crippen MR) is 112 cm³/mol. The maximum absolute atomic E-state index is 12.9. The average Bonchev–Trinajstić information content (AvgIpc) is 3.13. The molecule has 3 aromatic heterocycles. The molecule has 0 fully saturated rings. The van der Waals surface area contributed by atoms with E-state index in [1.807, 2.05) is 24.0 Å². The van der Waals surface area contributed by atoms with Crippen molar-refractivity contribution in [1.82, 2.24) is 19.7 Å². The molecule has 0 spiro atoms. The number of benzene rings is 1. The first-order valence-electron chi connectivity index (χ1n) is 9.23. The van der Waals surface area contributed by atoms with Gasteiger partial charge in [-0.3, -0.25) is 14.6 Å². The second-order valence-electron chi connectivity index (χ2n) is 6.67. The molecule has 0 radical (unpaired) electrons. The van der Waals surface area contributed by atoms with Gasteiger partial charge in [-0.25, -0.2) is 0 Å². The van der Waals surface area contributed by atoms with E-state index in [0.29, 0.717) is 11.3 Å². The summed E-state index contributed by atoms with van der Waals surface area (Å²) in [5, 5.41) is 5.37. The zero-order valence-corrected chi connectivity index (χ0v) is 17.1. The van der Waals surface area contributed by atoms with Crippen molar-refractivity contribution in [2.45, 2.75) is 24.4 Å². The van der Waals surface area contributed by atoms with Crippen LogP contribution in [-0.4, -0.2) is 19.7 Å². The van der Waals surface area contributed by atoms with Crippen LogP contribution in [0.15, 0.2) is 59.9 Å². The highest BCUT2D eigenvalue weighted by Crippen LogP contribution is 2.33. The minimum Gasteiger partial charge on any atom is -0.323 e. The number of aromatic nitrogens is 4. The molecule has 0 aliphatic heterocycles. The van der Waals surface area contributed by atoms with E-state index < -0.39 is 11.9 Å². The molecule has 0 atom stereocenters. The summed E-state index contributed by atoms with van der Waals surface area (Å²) in [6.07, 6.45) is 0.982. The normalized spacial score (nSPS) is 11.8. The van der Waals surface area contributed by atoms with Crippen molar-refractivity contribution in [1.29, 1.82) is 0 Å². The smallest absolute Gasteiger partial charge is 0.323 e. The van der Waals surface area contributed by atoms with E-state index in [0.717, 1.165) is 40.2 Å². The fourth-order valence-corrected chi connectivity index (χ4v) is 3.87. The summed E-state index contributed by atoms with van der Waals surface area (Å²) in [7, 11) is 1.90. The molecular formula is C21H18F3N5S. The summed E-state index contributed by atoms with van der Waals surface area (Å²) < 4.78 is 43.9. The van der Waals surface area contributed by atoms with Crippen LogP contribution in [0.3, 0.4) is 0 Å². The molecule has 4 rings (SSSR count). The van der Waals surface area contributed by atoms with Crippen LogP contribution >= 0.6 is 11.9 Å². The molecule has 0 saturated carbocycles. The van der Waals surface area contributed by atoms with E-state index in [1.165, 1.54) is 23.6 Å². The van der Waals surface area contributed by atoms with Gasteiger partial charge in [-0.1, -0.05) is 19.1 Å². The lowest BCUT2D eigenvalue weighted by Gasteiger charge is -2.13. The van der Waals surface area contributed by atoms with Gasteiger partial charge in [0.25, 0.3) is 0 Å². The van der Waals surface area contributed by atoms with E-state index in [1.54, 1.807) is 12.3 Å². The third kappa shape index (κ3) is 3.97. The molecule has 0 aliphatic rings. The molecule has 30 heavy (non-hydrogen) atoms. The minimum atomic E-state index is -4.49. The van der Waals surface area contributed by atoms with Gasteiger partial charge in [0.15, 0.2) is 0 Å². The number of fused-ring (bicyclic) bond motifs is 1. The standard InChI is InChI=1S/C21H18F3N5S/c1-3-13-4-5-15-11-27-29(2)20(15)19(13)28-30-16-6-7-17(26-12-16)14-8-9-25-18(10-14)21(22,23)24/h4-12,28H,3H2,1-2H3. The third-order valence-corrected chi connectivity index (χ3v) is 5.51. The average molecular weight is 429 g/mol. The quantitative estimate of drug-likeness (QED) is 0.411. The number of aryl methyl sites for hydroxylation is 2. The number of hydrogen-bond donors (Lipinski definition) is 1. The van der Waals surface area contributed by atoms with Crippen molar-refractivity contribution < 1.29 is 13.2 Å². The van der Waals surface area contributed by atoms with E-state index in [9.17, 15) is 13.2 Å². The van der Waals surface area contributed by atoms with Crippen LogP contribution in [0.5, 0.6) is 0 Å². The fourth-order valence-electron chi connectivity index (χ4n) is 3.18. The Morgan fingerprint density at radius 3 is 2.60 bits per heavy atom. The lowest BCUT2D eigenvalue weighted by Crippen LogP contribution is -2.07. The zero-order valence-electron chi connectivity index (χ0n) is 16.2. The van der Waals surface area contributed by atoms with E-state index >= 15 is 0 Å². The third-order valence-electron chi connectivity index (χ3n) is 4.72. The molecule has 0 amide bonds. The summed E-state index contributed by atoms with van der Waals surface area (Å²) in [5.74, 6) is 0. The first-order valence-corrected chi connectivity index (χ1v) is 10.0. The Kier molecular flexibility index (Phi) is 5.38. The van der Waals surface area contributed by atoms with Crippen LogP contribution in [0.2, 0.25) is 0 Å². The first kappa shape index (κ1) is 20.2. The molecule has 0 unspecified atom stereocenters. The Hall–Kier alpha value is -3.07. The Balaban J connectivity index is 1.56. The van der Waals surface area contributed by atoms with Crippen molar-refractivity contribution >= 4 is 28.5 Å². The second-order valence-corrected chi connectivity index (χ2v) is 7.55. The molecule has 0 bridgehead atoms. The zero-order chi connectivity index (χ0) is 21.3. The Morgan fingerprint density at radius 1 is 1.07 bits per heavy atom. The second kappa shape index (κ2) is 7.98. The number of anilines is 1. The molecule has 3 heterocycles. The summed E-state index contributed by atoms with van der Waals surface area (Å²) >= 11 is 1.40. The maximum Gasteiger partial charge on any atom is 0.433 e. The number of alkyl halides is 3. The number of hydrogen-bond acceptors (Lipinski definition) is 5. The van der Waals surface area contributed by atoms with Crippen molar-refractivity contribution in [3.8, 4) is 11.3 Å². The summed E-state index contributed by atoms with van der Waals surface area (Å²) in [6.45, 7) is 2.09. The van der Waals surface area contributed by atoms with Gasteiger partial charge in [-0.05, 0) is 48.2 Å². The number of nitrogens with zero attached hydrogens (tertiary/aromatic N) is 4. The monoisotopic (exact) mass is 429 g/mol. The van der Waals surface area contributed by atoms with Gasteiger partial charge in [0.05, 0.1) is 23.1 Å². The van der Waals surface area contributed by atoms with Crippen LogP contribution in [0.1, 0.15) is 18.2 Å². The Bertz CT molecular complexity index is 1190. The lowest BCUT2D eigenvalue weighted by atomic mass is 10.1. The largest absolute Gasteiger partial charge is 0.433 e. The number of pyridine rings is 2.